The summed E-state index contributed by atoms with van der Waals surface area (Å²) >= 11 is 3.43. The van der Waals surface area contributed by atoms with Crippen molar-refractivity contribution in [2.24, 2.45) is 11.5 Å². The fourth-order valence-electron chi connectivity index (χ4n) is 1.74. The Labute approximate surface area is 119 Å². The molecule has 0 radical (unpaired) electrons. The van der Waals surface area contributed by atoms with Gasteiger partial charge in [0, 0.05) is 4.47 Å². The number of hydrogen-bond acceptors (Lipinski definition) is 5. The van der Waals surface area contributed by atoms with Gasteiger partial charge >= 0.3 is 0 Å². The lowest BCUT2D eigenvalue weighted by molar-refractivity contribution is -0.122. The van der Waals surface area contributed by atoms with Gasteiger partial charge in [0.25, 0.3) is 0 Å². The minimum atomic E-state index is -0.520. The minimum absolute atomic E-state index is 0.143. The summed E-state index contributed by atoms with van der Waals surface area (Å²) in [6, 6.07) is 3.25. The first kappa shape index (κ1) is 14.1. The average molecular weight is 331 g/mol. The highest BCUT2D eigenvalue weighted by Crippen LogP contribution is 2.37. The van der Waals surface area contributed by atoms with Crippen LogP contribution in [0, 0.1) is 0 Å². The zero-order valence-corrected chi connectivity index (χ0v) is 11.8. The van der Waals surface area contributed by atoms with Gasteiger partial charge in [0.15, 0.2) is 11.5 Å². The third kappa shape index (κ3) is 3.59. The molecular formula is C12H15BrN2O4. The fraction of sp³-hybridized carbons (Fsp3) is 0.417. The van der Waals surface area contributed by atoms with E-state index in [4.69, 9.17) is 25.7 Å². The number of hydrogen-bond donors (Lipinski definition) is 2. The lowest BCUT2D eigenvalue weighted by Gasteiger charge is -2.21. The molecule has 0 fully saturated rings. The molecule has 0 saturated heterocycles. The van der Waals surface area contributed by atoms with Crippen molar-refractivity contribution in [2.75, 3.05) is 26.4 Å². The molecule has 0 spiro atoms. The van der Waals surface area contributed by atoms with E-state index in [1.807, 2.05) is 12.1 Å². The third-order valence-electron chi connectivity index (χ3n) is 2.60. The first-order valence-electron chi connectivity index (χ1n) is 5.78. The maximum Gasteiger partial charge on any atom is 0.243 e. The predicted octanol–water partition coefficient (Wildman–Crippen LogP) is 0.722. The Balaban J connectivity index is 2.08. The predicted molar refractivity (Wildman–Crippen MR) is 72.1 cm³/mol. The Morgan fingerprint density at radius 3 is 2.63 bits per heavy atom. The van der Waals surface area contributed by atoms with Crippen LogP contribution in [-0.4, -0.2) is 32.3 Å². The van der Waals surface area contributed by atoms with Crippen molar-refractivity contribution < 1.29 is 19.0 Å². The van der Waals surface area contributed by atoms with E-state index in [9.17, 15) is 4.79 Å². The third-order valence-corrected chi connectivity index (χ3v) is 3.29. The lowest BCUT2D eigenvalue weighted by atomic mass is 10.1. The molecule has 1 aromatic carbocycles. The smallest absolute Gasteiger partial charge is 0.243 e. The van der Waals surface area contributed by atoms with Crippen LogP contribution >= 0.6 is 15.9 Å². The van der Waals surface area contributed by atoms with Gasteiger partial charge in [0.2, 0.25) is 5.91 Å². The van der Waals surface area contributed by atoms with Gasteiger partial charge in [-0.15, -0.1) is 0 Å². The topological polar surface area (TPSA) is 96.8 Å². The van der Waals surface area contributed by atoms with Crippen molar-refractivity contribution in [2.45, 2.75) is 6.04 Å². The molecule has 6 nitrogen and oxygen atoms in total. The maximum absolute atomic E-state index is 10.6. The molecular weight excluding hydrogens is 316 g/mol. The standard InChI is InChI=1S/C12H15BrN2O4/c13-8-4-11-10(18-1-2-19-11)3-7(8)9(14)5-17-6-12(15)16/h3-4,9H,1-2,5-6,14H2,(H2,15,16). The van der Waals surface area contributed by atoms with E-state index < -0.39 is 5.91 Å². The zero-order valence-electron chi connectivity index (χ0n) is 10.2. The van der Waals surface area contributed by atoms with Gasteiger partial charge < -0.3 is 25.7 Å². The Morgan fingerprint density at radius 2 is 2.00 bits per heavy atom. The summed E-state index contributed by atoms with van der Waals surface area (Å²) in [6.07, 6.45) is 0. The molecule has 1 atom stereocenters. The summed E-state index contributed by atoms with van der Waals surface area (Å²) in [5, 5.41) is 0. The fourth-order valence-corrected chi connectivity index (χ4v) is 2.36. The van der Waals surface area contributed by atoms with Gasteiger partial charge in [0.1, 0.15) is 19.8 Å². The molecule has 1 heterocycles. The number of primary amides is 1. The second-order valence-corrected chi connectivity index (χ2v) is 4.96. The molecule has 19 heavy (non-hydrogen) atoms. The summed E-state index contributed by atoms with van der Waals surface area (Å²) in [4.78, 5) is 10.6. The molecule has 4 N–H and O–H groups in total. The first-order chi connectivity index (χ1) is 9.08. The van der Waals surface area contributed by atoms with Crippen molar-refractivity contribution >= 4 is 21.8 Å². The van der Waals surface area contributed by atoms with Crippen molar-refractivity contribution in [1.82, 2.24) is 0 Å². The van der Waals surface area contributed by atoms with E-state index in [1.54, 1.807) is 0 Å². The number of amides is 1. The van der Waals surface area contributed by atoms with E-state index in [1.165, 1.54) is 0 Å². The number of ether oxygens (including phenoxy) is 3. The van der Waals surface area contributed by atoms with Crippen LogP contribution in [0.1, 0.15) is 11.6 Å². The molecule has 1 unspecified atom stereocenters. The van der Waals surface area contributed by atoms with E-state index >= 15 is 0 Å². The van der Waals surface area contributed by atoms with Crippen molar-refractivity contribution in [3.8, 4) is 11.5 Å². The summed E-state index contributed by atoms with van der Waals surface area (Å²) in [6.45, 7) is 1.10. The molecule has 7 heteroatoms. The van der Waals surface area contributed by atoms with Gasteiger partial charge in [0.05, 0.1) is 12.6 Å². The number of halogens is 1. The number of rotatable bonds is 5. The molecule has 0 aromatic heterocycles. The van der Waals surface area contributed by atoms with Gasteiger partial charge in [-0.2, -0.15) is 0 Å². The molecule has 104 valence electrons. The van der Waals surface area contributed by atoms with E-state index in [-0.39, 0.29) is 19.3 Å². The van der Waals surface area contributed by atoms with E-state index in [0.29, 0.717) is 24.7 Å². The summed E-state index contributed by atoms with van der Waals surface area (Å²) in [7, 11) is 0. The monoisotopic (exact) mass is 330 g/mol. The van der Waals surface area contributed by atoms with Crippen molar-refractivity contribution in [1.29, 1.82) is 0 Å². The highest BCUT2D eigenvalue weighted by molar-refractivity contribution is 9.10. The second-order valence-electron chi connectivity index (χ2n) is 4.11. The van der Waals surface area contributed by atoms with Crippen LogP contribution in [0.4, 0.5) is 0 Å². The summed E-state index contributed by atoms with van der Waals surface area (Å²) in [5.74, 6) is 0.829. The highest BCUT2D eigenvalue weighted by Gasteiger charge is 2.18. The van der Waals surface area contributed by atoms with Crippen LogP contribution in [0.3, 0.4) is 0 Å². The molecule has 0 saturated carbocycles. The van der Waals surface area contributed by atoms with E-state index in [0.717, 1.165) is 10.0 Å². The largest absolute Gasteiger partial charge is 0.486 e. The van der Waals surface area contributed by atoms with Crippen LogP contribution in [0.25, 0.3) is 0 Å². The number of fused-ring (bicyclic) bond motifs is 1. The maximum atomic E-state index is 10.6. The number of carbonyl (C=O) groups excluding carboxylic acids is 1. The van der Waals surface area contributed by atoms with Gasteiger partial charge in [-0.1, -0.05) is 15.9 Å². The molecule has 1 aliphatic rings. The molecule has 0 aliphatic carbocycles. The molecule has 1 aromatic rings. The van der Waals surface area contributed by atoms with Crippen LogP contribution < -0.4 is 20.9 Å². The summed E-state index contributed by atoms with van der Waals surface area (Å²) < 4.78 is 16.9. The van der Waals surface area contributed by atoms with Crippen LogP contribution in [0.15, 0.2) is 16.6 Å². The normalized spacial score (nSPS) is 15.1. The Bertz CT molecular complexity index is 481. The van der Waals surface area contributed by atoms with Gasteiger partial charge in [-0.25, -0.2) is 0 Å². The number of nitrogens with two attached hydrogens (primary N) is 2. The van der Waals surface area contributed by atoms with Crippen LogP contribution in [0.5, 0.6) is 11.5 Å². The Kier molecular flexibility index (Phi) is 4.62. The van der Waals surface area contributed by atoms with Gasteiger partial charge in [-0.05, 0) is 17.7 Å². The minimum Gasteiger partial charge on any atom is -0.486 e. The molecule has 0 bridgehead atoms. The second kappa shape index (κ2) is 6.23. The van der Waals surface area contributed by atoms with E-state index in [2.05, 4.69) is 15.9 Å². The van der Waals surface area contributed by atoms with Crippen molar-refractivity contribution in [3.05, 3.63) is 22.2 Å². The highest BCUT2D eigenvalue weighted by atomic mass is 79.9. The quantitative estimate of drug-likeness (QED) is 0.829. The summed E-state index contributed by atoms with van der Waals surface area (Å²) in [5.41, 5.74) is 11.8. The van der Waals surface area contributed by atoms with Gasteiger partial charge in [-0.3, -0.25) is 4.79 Å². The SMILES string of the molecule is NC(=O)COCC(N)c1cc2c(cc1Br)OCCO2. The molecule has 1 amide bonds. The zero-order chi connectivity index (χ0) is 13.8. The van der Waals surface area contributed by atoms with Crippen LogP contribution in [0.2, 0.25) is 0 Å². The number of carbonyl (C=O) groups is 1. The Hall–Kier alpha value is -1.31. The average Bonchev–Trinajstić information content (AvgIpc) is 2.37. The molecule has 2 rings (SSSR count). The molecule has 1 aliphatic heterocycles. The number of benzene rings is 1. The lowest BCUT2D eigenvalue weighted by Crippen LogP contribution is -2.24. The Morgan fingerprint density at radius 1 is 1.37 bits per heavy atom. The van der Waals surface area contributed by atoms with Crippen molar-refractivity contribution in [3.63, 3.8) is 0 Å². The first-order valence-corrected chi connectivity index (χ1v) is 6.58. The van der Waals surface area contributed by atoms with Crippen LogP contribution in [-0.2, 0) is 9.53 Å².